The molecule has 9 nitrogen and oxygen atoms in total. The van der Waals surface area contributed by atoms with Crippen LogP contribution in [0.3, 0.4) is 0 Å². The summed E-state index contributed by atoms with van der Waals surface area (Å²) in [6.07, 6.45) is 0. The van der Waals surface area contributed by atoms with Gasteiger partial charge in [-0.2, -0.15) is 15.0 Å². The molecule has 2 fully saturated rings. The Bertz CT molecular complexity index is 914. The average Bonchev–Trinajstić information content (AvgIpc) is 3.49. The van der Waals surface area contributed by atoms with E-state index in [-0.39, 0.29) is 0 Å². The number of hydrogen-bond donors (Lipinski definition) is 0. The molecular weight excluding hydrogens is 354 g/mol. The molecule has 0 unspecified atom stereocenters. The topological polar surface area (TPSA) is 76.4 Å². The van der Waals surface area contributed by atoms with Gasteiger partial charge in [-0.15, -0.1) is 0 Å². The van der Waals surface area contributed by atoms with Crippen molar-refractivity contribution in [3.8, 4) is 11.4 Å². The summed E-state index contributed by atoms with van der Waals surface area (Å²) in [5, 5.41) is 0. The zero-order valence-electron chi connectivity index (χ0n) is 15.6. The summed E-state index contributed by atoms with van der Waals surface area (Å²) < 4.78 is 0. The first-order valence-electron chi connectivity index (χ1n) is 9.82. The molecule has 142 valence electrons. The van der Waals surface area contributed by atoms with Gasteiger partial charge in [-0.1, -0.05) is 30.3 Å². The number of benzene rings is 1. The van der Waals surface area contributed by atoms with Crippen LogP contribution >= 0.6 is 0 Å². The number of aromatic nitrogens is 3. The third-order valence-corrected chi connectivity index (χ3v) is 5.61. The van der Waals surface area contributed by atoms with Crippen LogP contribution in [-0.2, 0) is 0 Å². The van der Waals surface area contributed by atoms with Crippen molar-refractivity contribution in [3.05, 3.63) is 30.3 Å². The van der Waals surface area contributed by atoms with Gasteiger partial charge >= 0.3 is 0 Å². The number of guanidine groups is 2. The summed E-state index contributed by atoms with van der Waals surface area (Å²) in [7, 11) is 0. The summed E-state index contributed by atoms with van der Waals surface area (Å²) >= 11 is 0. The normalized spacial score (nSPS) is 20.6. The van der Waals surface area contributed by atoms with Gasteiger partial charge in [0, 0.05) is 44.8 Å². The van der Waals surface area contributed by atoms with Crippen molar-refractivity contribution in [1.29, 1.82) is 0 Å². The molecule has 2 aromatic rings. The lowest BCUT2D eigenvalue weighted by atomic mass is 10.2. The van der Waals surface area contributed by atoms with Crippen LogP contribution in [0.1, 0.15) is 0 Å². The zero-order valence-corrected chi connectivity index (χ0v) is 15.6. The molecule has 0 bridgehead atoms. The highest BCUT2D eigenvalue weighted by atomic mass is 15.5. The maximum absolute atomic E-state index is 4.86. The molecule has 0 atom stereocenters. The minimum absolute atomic E-state index is 0.670. The molecule has 1 aromatic heterocycles. The van der Waals surface area contributed by atoms with Crippen LogP contribution in [0.15, 0.2) is 40.3 Å². The van der Waals surface area contributed by atoms with E-state index < -0.39 is 0 Å². The molecule has 0 saturated carbocycles. The Morgan fingerprint density at radius 3 is 1.75 bits per heavy atom. The van der Waals surface area contributed by atoms with Gasteiger partial charge in [-0.25, -0.2) is 0 Å². The molecule has 0 aliphatic carbocycles. The highest BCUT2D eigenvalue weighted by Crippen LogP contribution is 2.27. The summed E-state index contributed by atoms with van der Waals surface area (Å²) in [6, 6.07) is 10.1. The Morgan fingerprint density at radius 2 is 1.18 bits per heavy atom. The van der Waals surface area contributed by atoms with Crippen LogP contribution in [-0.4, -0.2) is 89.0 Å². The van der Waals surface area contributed by atoms with Crippen LogP contribution in [0.5, 0.6) is 0 Å². The number of hydrogen-bond acceptors (Lipinski definition) is 9. The lowest BCUT2D eigenvalue weighted by Crippen LogP contribution is -2.34. The first-order valence-corrected chi connectivity index (χ1v) is 9.82. The van der Waals surface area contributed by atoms with Crippen LogP contribution in [0.4, 0.5) is 11.9 Å². The van der Waals surface area contributed by atoms with Crippen LogP contribution in [0.25, 0.3) is 11.4 Å². The molecule has 0 amide bonds. The fourth-order valence-corrected chi connectivity index (χ4v) is 4.21. The molecule has 2 saturated heterocycles. The number of fused-ring (bicyclic) bond motifs is 2. The summed E-state index contributed by atoms with van der Waals surface area (Å²) in [5.74, 6) is 4.00. The molecule has 9 heteroatoms. The van der Waals surface area contributed by atoms with Gasteiger partial charge in [0.15, 0.2) is 5.82 Å². The van der Waals surface area contributed by atoms with Crippen molar-refractivity contribution in [3.63, 3.8) is 0 Å². The van der Waals surface area contributed by atoms with Crippen molar-refractivity contribution < 1.29 is 0 Å². The molecule has 0 radical (unpaired) electrons. The van der Waals surface area contributed by atoms with Gasteiger partial charge < -0.3 is 9.80 Å². The van der Waals surface area contributed by atoms with E-state index in [0.717, 1.165) is 69.8 Å². The van der Waals surface area contributed by atoms with Crippen molar-refractivity contribution in [2.75, 3.05) is 62.2 Å². The first-order chi connectivity index (χ1) is 13.9. The Hall–Kier alpha value is -3.23. The molecule has 4 aliphatic rings. The maximum Gasteiger partial charge on any atom is 0.237 e. The predicted molar refractivity (Wildman–Crippen MR) is 108 cm³/mol. The fourth-order valence-electron chi connectivity index (χ4n) is 4.21. The minimum Gasteiger partial charge on any atom is -0.339 e. The molecule has 5 heterocycles. The van der Waals surface area contributed by atoms with Gasteiger partial charge in [-0.05, 0) is 0 Å². The molecule has 1 aromatic carbocycles. The lowest BCUT2D eigenvalue weighted by molar-refractivity contribution is 0.503. The maximum atomic E-state index is 4.86. The third-order valence-electron chi connectivity index (χ3n) is 5.61. The third kappa shape index (κ3) is 2.42. The summed E-state index contributed by atoms with van der Waals surface area (Å²) in [5.41, 5.74) is 0.987. The smallest absolute Gasteiger partial charge is 0.237 e. The standard InChI is InChI=1S/C19H21N9/c1-2-4-14(5-3-1)15-22-16(27-12-10-25-8-6-20-18(25)27)24-17(23-15)28-13-11-26-9-7-21-19(26)28/h1-5H,6-13H2. The lowest BCUT2D eigenvalue weighted by Gasteiger charge is -2.21. The van der Waals surface area contributed by atoms with Crippen molar-refractivity contribution in [1.82, 2.24) is 24.8 Å². The van der Waals surface area contributed by atoms with Crippen molar-refractivity contribution >= 4 is 23.8 Å². The second-order valence-corrected chi connectivity index (χ2v) is 7.27. The highest BCUT2D eigenvalue weighted by Gasteiger charge is 2.35. The zero-order chi connectivity index (χ0) is 18.5. The quantitative estimate of drug-likeness (QED) is 0.774. The molecule has 6 rings (SSSR count). The van der Waals surface area contributed by atoms with E-state index in [1.165, 1.54) is 0 Å². The largest absolute Gasteiger partial charge is 0.339 e. The number of anilines is 2. The van der Waals surface area contributed by atoms with E-state index in [2.05, 4.69) is 29.6 Å². The molecular formula is C19H21N9. The van der Waals surface area contributed by atoms with Crippen LogP contribution < -0.4 is 9.80 Å². The second-order valence-electron chi connectivity index (χ2n) is 7.27. The van der Waals surface area contributed by atoms with Crippen LogP contribution in [0.2, 0.25) is 0 Å². The van der Waals surface area contributed by atoms with Gasteiger partial charge in [-0.3, -0.25) is 19.8 Å². The van der Waals surface area contributed by atoms with Gasteiger partial charge in [0.25, 0.3) is 0 Å². The fraction of sp³-hybridized carbons (Fsp3) is 0.421. The molecule has 0 spiro atoms. The van der Waals surface area contributed by atoms with E-state index in [1.54, 1.807) is 0 Å². The monoisotopic (exact) mass is 375 g/mol. The Labute approximate surface area is 163 Å². The van der Waals surface area contributed by atoms with E-state index in [9.17, 15) is 0 Å². The molecule has 0 N–H and O–H groups in total. The predicted octanol–water partition coefficient (Wildman–Crippen LogP) is 0.522. The van der Waals surface area contributed by atoms with E-state index in [1.807, 2.05) is 30.3 Å². The average molecular weight is 375 g/mol. The number of nitrogens with zero attached hydrogens (tertiary/aromatic N) is 9. The summed E-state index contributed by atoms with van der Waals surface area (Å²) in [4.78, 5) is 32.6. The second kappa shape index (κ2) is 6.15. The van der Waals surface area contributed by atoms with Gasteiger partial charge in [0.2, 0.25) is 23.8 Å². The highest BCUT2D eigenvalue weighted by molar-refractivity contribution is 5.99. The Balaban J connectivity index is 1.46. The van der Waals surface area contributed by atoms with Gasteiger partial charge in [0.05, 0.1) is 13.1 Å². The van der Waals surface area contributed by atoms with Crippen molar-refractivity contribution in [2.24, 2.45) is 9.98 Å². The number of aliphatic imine (C=N–C) groups is 2. The summed E-state index contributed by atoms with van der Waals surface area (Å²) in [6.45, 7) is 7.27. The van der Waals surface area contributed by atoms with Crippen LogP contribution in [0, 0.1) is 0 Å². The van der Waals surface area contributed by atoms with E-state index >= 15 is 0 Å². The molecule has 4 aliphatic heterocycles. The van der Waals surface area contributed by atoms with E-state index in [4.69, 9.17) is 15.0 Å². The van der Waals surface area contributed by atoms with E-state index in [0.29, 0.717) is 17.7 Å². The van der Waals surface area contributed by atoms with Crippen molar-refractivity contribution in [2.45, 2.75) is 0 Å². The number of rotatable bonds is 3. The Kier molecular flexibility index (Phi) is 3.47. The van der Waals surface area contributed by atoms with Gasteiger partial charge in [0.1, 0.15) is 0 Å². The SMILES string of the molecule is c1ccc(-c2nc(N3CCN4CCN=C43)nc(N3CCN4CCN=C43)n2)cc1. The minimum atomic E-state index is 0.670. The molecule has 28 heavy (non-hydrogen) atoms. The first kappa shape index (κ1) is 15.8. The Morgan fingerprint density at radius 1 is 0.607 bits per heavy atom.